The van der Waals surface area contributed by atoms with Gasteiger partial charge in [-0.05, 0) is 40.8 Å². The van der Waals surface area contributed by atoms with E-state index >= 15 is 0 Å². The quantitative estimate of drug-likeness (QED) is 0.458. The van der Waals surface area contributed by atoms with E-state index < -0.39 is 0 Å². The van der Waals surface area contributed by atoms with Crippen LogP contribution in [0.3, 0.4) is 0 Å². The predicted octanol–water partition coefficient (Wildman–Crippen LogP) is 5.77. The van der Waals surface area contributed by atoms with Gasteiger partial charge in [0.1, 0.15) is 5.82 Å². The summed E-state index contributed by atoms with van der Waals surface area (Å²) in [4.78, 5) is 4.19. The lowest BCUT2D eigenvalue weighted by Crippen LogP contribution is -1.80. The molecule has 0 fully saturated rings. The van der Waals surface area contributed by atoms with Crippen LogP contribution in [-0.4, -0.2) is 4.98 Å². The first-order chi connectivity index (χ1) is 10.8. The second-order valence-electron chi connectivity index (χ2n) is 5.11. The van der Waals surface area contributed by atoms with Crippen LogP contribution < -0.4 is 0 Å². The van der Waals surface area contributed by atoms with Crippen molar-refractivity contribution in [1.29, 1.82) is 0 Å². The fourth-order valence-electron chi connectivity index (χ4n) is 2.60. The van der Waals surface area contributed by atoms with E-state index in [1.54, 1.807) is 17.5 Å². The molecule has 0 amide bonds. The first-order valence-electron chi connectivity index (χ1n) is 6.99. The lowest BCUT2D eigenvalue weighted by Gasteiger charge is -2.03. The van der Waals surface area contributed by atoms with Crippen molar-refractivity contribution in [2.75, 3.05) is 0 Å². The Bertz CT molecular complexity index is 927. The number of nitrogens with zero attached hydrogens (tertiary/aromatic N) is 1. The highest BCUT2D eigenvalue weighted by atomic mass is 32.1. The average molecular weight is 305 g/mol. The molecule has 0 radical (unpaired) electrons. The van der Waals surface area contributed by atoms with E-state index in [-0.39, 0.29) is 5.82 Å². The van der Waals surface area contributed by atoms with Crippen LogP contribution in [0.25, 0.3) is 32.3 Å². The maximum Gasteiger partial charge on any atom is 0.123 e. The lowest BCUT2D eigenvalue weighted by molar-refractivity contribution is 0.628. The molecular weight excluding hydrogens is 293 g/mol. The molecule has 0 aliphatic rings. The fourth-order valence-corrected chi connectivity index (χ4v) is 3.60. The molecule has 0 atom stereocenters. The summed E-state index contributed by atoms with van der Waals surface area (Å²) in [6.45, 7) is 0. The second-order valence-corrected chi connectivity index (χ2v) is 6.02. The van der Waals surface area contributed by atoms with Crippen molar-refractivity contribution >= 4 is 21.4 Å². The summed E-state index contributed by atoms with van der Waals surface area (Å²) in [7, 11) is 0. The monoisotopic (exact) mass is 305 g/mol. The number of hydrogen-bond donors (Lipinski definition) is 0. The van der Waals surface area contributed by atoms with Gasteiger partial charge in [-0.15, -0.1) is 11.3 Å². The minimum atomic E-state index is -0.209. The number of pyridine rings is 1. The van der Waals surface area contributed by atoms with Crippen molar-refractivity contribution in [2.45, 2.75) is 0 Å². The van der Waals surface area contributed by atoms with Gasteiger partial charge in [0.15, 0.2) is 0 Å². The summed E-state index contributed by atoms with van der Waals surface area (Å²) in [5.74, 6) is -0.209. The van der Waals surface area contributed by atoms with Gasteiger partial charge in [0.25, 0.3) is 0 Å². The van der Waals surface area contributed by atoms with Crippen LogP contribution in [0.5, 0.6) is 0 Å². The minimum absolute atomic E-state index is 0.209. The maximum atomic E-state index is 13.0. The van der Waals surface area contributed by atoms with Crippen molar-refractivity contribution in [3.63, 3.8) is 0 Å². The summed E-state index contributed by atoms with van der Waals surface area (Å²) in [6, 6.07) is 17.0. The molecule has 0 N–H and O–H groups in total. The van der Waals surface area contributed by atoms with Gasteiger partial charge >= 0.3 is 0 Å². The Balaban J connectivity index is 1.82. The fraction of sp³-hybridized carbons (Fsp3) is 0. The highest BCUT2D eigenvalue weighted by molar-refractivity contribution is 7.17. The molecule has 0 bridgehead atoms. The average Bonchev–Trinajstić information content (AvgIpc) is 2.99. The molecule has 2 aromatic carbocycles. The van der Waals surface area contributed by atoms with Gasteiger partial charge in [0.2, 0.25) is 0 Å². The summed E-state index contributed by atoms with van der Waals surface area (Å²) < 4.78 is 14.3. The number of rotatable bonds is 2. The topological polar surface area (TPSA) is 12.9 Å². The Morgan fingerprint density at radius 1 is 0.864 bits per heavy atom. The zero-order chi connectivity index (χ0) is 14.9. The molecule has 4 aromatic rings. The third-order valence-corrected chi connectivity index (χ3v) is 4.67. The Morgan fingerprint density at radius 2 is 1.68 bits per heavy atom. The van der Waals surface area contributed by atoms with E-state index in [4.69, 9.17) is 0 Å². The summed E-state index contributed by atoms with van der Waals surface area (Å²) >= 11 is 1.72. The smallest absolute Gasteiger partial charge is 0.123 e. The molecule has 0 aliphatic heterocycles. The Morgan fingerprint density at radius 3 is 2.45 bits per heavy atom. The molecular formula is C19H12FNS. The van der Waals surface area contributed by atoms with E-state index in [1.165, 1.54) is 27.8 Å². The van der Waals surface area contributed by atoms with Crippen LogP contribution in [0.2, 0.25) is 0 Å². The normalized spacial score (nSPS) is 11.0. The maximum absolute atomic E-state index is 13.0. The van der Waals surface area contributed by atoms with Crippen molar-refractivity contribution in [3.8, 4) is 22.3 Å². The zero-order valence-electron chi connectivity index (χ0n) is 11.7. The van der Waals surface area contributed by atoms with Crippen molar-refractivity contribution < 1.29 is 4.39 Å². The van der Waals surface area contributed by atoms with E-state index in [2.05, 4.69) is 34.6 Å². The number of fused-ring (bicyclic) bond motifs is 1. The van der Waals surface area contributed by atoms with E-state index in [1.807, 2.05) is 24.4 Å². The van der Waals surface area contributed by atoms with E-state index in [9.17, 15) is 4.39 Å². The van der Waals surface area contributed by atoms with Crippen molar-refractivity contribution in [2.24, 2.45) is 0 Å². The molecule has 0 aliphatic carbocycles. The van der Waals surface area contributed by atoms with Gasteiger partial charge < -0.3 is 0 Å². The largest absolute Gasteiger partial charge is 0.264 e. The Hall–Kier alpha value is -2.52. The molecule has 3 heteroatoms. The summed E-state index contributed by atoms with van der Waals surface area (Å²) in [5, 5.41) is 3.39. The van der Waals surface area contributed by atoms with Gasteiger partial charge in [-0.3, -0.25) is 4.98 Å². The molecule has 106 valence electrons. The minimum Gasteiger partial charge on any atom is -0.264 e. The first-order valence-corrected chi connectivity index (χ1v) is 7.87. The van der Waals surface area contributed by atoms with Crippen molar-refractivity contribution in [1.82, 2.24) is 4.98 Å². The number of benzene rings is 2. The molecule has 0 spiro atoms. The third kappa shape index (κ3) is 2.30. The standard InChI is InChI=1S/C19H12FNS/c20-16-6-3-13(4-7-16)14-5-8-17-18(12-22-19(17)10-14)15-2-1-9-21-11-15/h1-12H. The Kier molecular flexibility index (Phi) is 3.20. The van der Waals surface area contributed by atoms with Crippen molar-refractivity contribution in [3.05, 3.63) is 78.2 Å². The van der Waals surface area contributed by atoms with Gasteiger partial charge in [0.05, 0.1) is 0 Å². The summed E-state index contributed by atoms with van der Waals surface area (Å²) in [6.07, 6.45) is 3.67. The van der Waals surface area contributed by atoms with Crippen LogP contribution in [0, 0.1) is 5.82 Å². The third-order valence-electron chi connectivity index (χ3n) is 3.73. The van der Waals surface area contributed by atoms with Crippen LogP contribution in [-0.2, 0) is 0 Å². The molecule has 1 nitrogen and oxygen atoms in total. The van der Waals surface area contributed by atoms with Gasteiger partial charge in [-0.1, -0.05) is 30.3 Å². The van der Waals surface area contributed by atoms with Crippen LogP contribution >= 0.6 is 11.3 Å². The first kappa shape index (κ1) is 13.2. The second kappa shape index (κ2) is 5.35. The number of hydrogen-bond acceptors (Lipinski definition) is 2. The number of halogens is 1. The Labute approximate surface area is 131 Å². The molecule has 0 saturated carbocycles. The molecule has 0 saturated heterocycles. The predicted molar refractivity (Wildman–Crippen MR) is 90.5 cm³/mol. The van der Waals surface area contributed by atoms with Crippen LogP contribution in [0.4, 0.5) is 4.39 Å². The van der Waals surface area contributed by atoms with Gasteiger partial charge in [-0.25, -0.2) is 4.39 Å². The SMILES string of the molecule is Fc1ccc(-c2ccc3c(-c4cccnc4)csc3c2)cc1. The number of thiophene rings is 1. The number of aromatic nitrogens is 1. The van der Waals surface area contributed by atoms with E-state index in [0.717, 1.165) is 16.7 Å². The van der Waals surface area contributed by atoms with Crippen LogP contribution in [0.1, 0.15) is 0 Å². The highest BCUT2D eigenvalue weighted by Crippen LogP contribution is 2.36. The molecule has 0 unspecified atom stereocenters. The van der Waals surface area contributed by atoms with Gasteiger partial charge in [-0.2, -0.15) is 0 Å². The van der Waals surface area contributed by atoms with Crippen LogP contribution in [0.15, 0.2) is 72.4 Å². The molecule has 22 heavy (non-hydrogen) atoms. The molecule has 2 aromatic heterocycles. The zero-order valence-corrected chi connectivity index (χ0v) is 12.5. The lowest BCUT2D eigenvalue weighted by atomic mass is 10.0. The molecule has 4 rings (SSSR count). The van der Waals surface area contributed by atoms with E-state index in [0.29, 0.717) is 0 Å². The molecule has 2 heterocycles. The highest BCUT2D eigenvalue weighted by Gasteiger charge is 2.08. The summed E-state index contributed by atoms with van der Waals surface area (Å²) in [5.41, 5.74) is 4.47. The van der Waals surface area contributed by atoms with Gasteiger partial charge in [0, 0.05) is 33.6 Å².